The van der Waals surface area contributed by atoms with Crippen LogP contribution in [0.15, 0.2) is 24.5 Å². The summed E-state index contributed by atoms with van der Waals surface area (Å²) in [6, 6.07) is 3.48. The van der Waals surface area contributed by atoms with Crippen LogP contribution in [0.4, 0.5) is 0 Å². The van der Waals surface area contributed by atoms with E-state index in [-0.39, 0.29) is 24.5 Å². The summed E-state index contributed by atoms with van der Waals surface area (Å²) < 4.78 is 5.26. The van der Waals surface area contributed by atoms with Gasteiger partial charge in [0, 0.05) is 31.7 Å². The number of nitrogens with one attached hydrogen (secondary N) is 2. The smallest absolute Gasteiger partial charge is 0.257 e. The highest BCUT2D eigenvalue weighted by atomic mass is 16.5. The van der Waals surface area contributed by atoms with Gasteiger partial charge in [0.15, 0.2) is 6.61 Å². The fourth-order valence-electron chi connectivity index (χ4n) is 1.80. The third-order valence-corrected chi connectivity index (χ3v) is 2.87. The molecule has 0 aliphatic carbocycles. The number of hydrogen-bond acceptors (Lipinski definition) is 5. The number of β-amino-alcohol motifs (C(OH)–C–C–N with tert-alkyl or cyclic N) is 1. The van der Waals surface area contributed by atoms with E-state index >= 15 is 0 Å². The summed E-state index contributed by atoms with van der Waals surface area (Å²) in [5.74, 6) is 0.445. The molecular formula is C12H17N3O3. The number of carbonyl (C=O) groups excluding carboxylic acids is 1. The van der Waals surface area contributed by atoms with Crippen molar-refractivity contribution < 1.29 is 14.6 Å². The number of rotatable bonds is 5. The number of aromatic nitrogens is 1. The predicted octanol–water partition coefficient (Wildman–Crippen LogP) is -0.843. The molecule has 1 aliphatic heterocycles. The molecule has 1 aromatic rings. The molecule has 2 rings (SSSR count). The molecule has 3 N–H and O–H groups in total. The molecule has 1 fully saturated rings. The molecule has 6 nitrogen and oxygen atoms in total. The van der Waals surface area contributed by atoms with Crippen LogP contribution in [0.3, 0.4) is 0 Å². The number of pyridine rings is 1. The fraction of sp³-hybridized carbons (Fsp3) is 0.500. The molecule has 1 aromatic heterocycles. The minimum absolute atomic E-state index is 0.0397. The van der Waals surface area contributed by atoms with Gasteiger partial charge in [-0.1, -0.05) is 0 Å². The standard InChI is InChI=1S/C12H17N3O3/c16-11-7-14-4-9(11)5-15-12(17)8-18-10-2-1-3-13-6-10/h1-3,6,9,11,14,16H,4-5,7-8H2,(H,15,17). The number of aliphatic hydroxyl groups excluding tert-OH is 1. The zero-order valence-corrected chi connectivity index (χ0v) is 10.0. The average Bonchev–Trinajstić information content (AvgIpc) is 2.81. The summed E-state index contributed by atoms with van der Waals surface area (Å²) >= 11 is 0. The summed E-state index contributed by atoms with van der Waals surface area (Å²) in [5, 5.41) is 15.4. The maximum atomic E-state index is 11.5. The van der Waals surface area contributed by atoms with Crippen molar-refractivity contribution >= 4 is 5.91 Å². The van der Waals surface area contributed by atoms with Crippen LogP contribution in [-0.4, -0.2) is 48.3 Å². The first-order chi connectivity index (χ1) is 8.75. The first-order valence-corrected chi connectivity index (χ1v) is 5.94. The van der Waals surface area contributed by atoms with Crippen molar-refractivity contribution in [2.75, 3.05) is 26.2 Å². The highest BCUT2D eigenvalue weighted by Gasteiger charge is 2.24. The van der Waals surface area contributed by atoms with Crippen LogP contribution >= 0.6 is 0 Å². The average molecular weight is 251 g/mol. The molecule has 1 aliphatic rings. The fourth-order valence-corrected chi connectivity index (χ4v) is 1.80. The highest BCUT2D eigenvalue weighted by Crippen LogP contribution is 2.07. The Labute approximate surface area is 105 Å². The van der Waals surface area contributed by atoms with Gasteiger partial charge < -0.3 is 20.5 Å². The van der Waals surface area contributed by atoms with Crippen LogP contribution < -0.4 is 15.4 Å². The topological polar surface area (TPSA) is 83.5 Å². The lowest BCUT2D eigenvalue weighted by Crippen LogP contribution is -2.36. The van der Waals surface area contributed by atoms with Gasteiger partial charge in [0.05, 0.1) is 12.3 Å². The summed E-state index contributed by atoms with van der Waals surface area (Å²) in [6.07, 6.45) is 2.81. The molecule has 0 saturated carbocycles. The van der Waals surface area contributed by atoms with Gasteiger partial charge in [0.1, 0.15) is 5.75 Å². The van der Waals surface area contributed by atoms with E-state index in [4.69, 9.17) is 4.74 Å². The van der Waals surface area contributed by atoms with E-state index in [9.17, 15) is 9.90 Å². The molecule has 18 heavy (non-hydrogen) atoms. The number of amides is 1. The Hall–Kier alpha value is -1.66. The number of ether oxygens (including phenoxy) is 1. The Morgan fingerprint density at radius 2 is 2.50 bits per heavy atom. The largest absolute Gasteiger partial charge is 0.482 e. The van der Waals surface area contributed by atoms with Crippen molar-refractivity contribution in [2.45, 2.75) is 6.10 Å². The van der Waals surface area contributed by atoms with Crippen molar-refractivity contribution in [3.8, 4) is 5.75 Å². The van der Waals surface area contributed by atoms with Gasteiger partial charge in [-0.05, 0) is 12.1 Å². The van der Waals surface area contributed by atoms with Gasteiger partial charge in [-0.3, -0.25) is 9.78 Å². The van der Waals surface area contributed by atoms with Crippen LogP contribution in [-0.2, 0) is 4.79 Å². The van der Waals surface area contributed by atoms with Crippen molar-refractivity contribution in [2.24, 2.45) is 5.92 Å². The maximum absolute atomic E-state index is 11.5. The van der Waals surface area contributed by atoms with E-state index in [1.54, 1.807) is 24.5 Å². The van der Waals surface area contributed by atoms with Crippen molar-refractivity contribution in [1.29, 1.82) is 0 Å². The quantitative estimate of drug-likeness (QED) is 0.635. The van der Waals surface area contributed by atoms with E-state index < -0.39 is 0 Å². The van der Waals surface area contributed by atoms with Gasteiger partial charge in [0.2, 0.25) is 0 Å². The number of carbonyl (C=O) groups is 1. The third kappa shape index (κ3) is 3.68. The molecule has 0 aromatic carbocycles. The second kappa shape index (κ2) is 6.32. The molecule has 1 saturated heterocycles. The first-order valence-electron chi connectivity index (χ1n) is 5.94. The van der Waals surface area contributed by atoms with Gasteiger partial charge in [-0.15, -0.1) is 0 Å². The van der Waals surface area contributed by atoms with E-state index in [2.05, 4.69) is 15.6 Å². The number of aliphatic hydroxyl groups is 1. The minimum Gasteiger partial charge on any atom is -0.482 e. The lowest BCUT2D eigenvalue weighted by Gasteiger charge is -2.14. The normalized spacial score (nSPS) is 22.7. The summed E-state index contributed by atoms with van der Waals surface area (Å²) in [6.45, 7) is 1.74. The van der Waals surface area contributed by atoms with Crippen molar-refractivity contribution in [1.82, 2.24) is 15.6 Å². The van der Waals surface area contributed by atoms with Crippen LogP contribution in [0.25, 0.3) is 0 Å². The maximum Gasteiger partial charge on any atom is 0.257 e. The van der Waals surface area contributed by atoms with Gasteiger partial charge >= 0.3 is 0 Å². The Morgan fingerprint density at radius 3 is 3.17 bits per heavy atom. The summed E-state index contributed by atoms with van der Waals surface area (Å²) in [7, 11) is 0. The number of nitrogens with zero attached hydrogens (tertiary/aromatic N) is 1. The minimum atomic E-state index is -0.385. The van der Waals surface area contributed by atoms with Gasteiger partial charge in [-0.25, -0.2) is 0 Å². The monoisotopic (exact) mass is 251 g/mol. The summed E-state index contributed by atoms with van der Waals surface area (Å²) in [5.41, 5.74) is 0. The van der Waals surface area contributed by atoms with E-state index in [1.165, 1.54) is 0 Å². The van der Waals surface area contributed by atoms with Crippen LogP contribution in [0, 0.1) is 5.92 Å². The molecule has 2 atom stereocenters. The second-order valence-corrected chi connectivity index (χ2v) is 4.27. The van der Waals surface area contributed by atoms with E-state index in [0.717, 1.165) is 6.54 Å². The molecule has 6 heteroatoms. The Balaban J connectivity index is 1.66. The second-order valence-electron chi connectivity index (χ2n) is 4.27. The molecule has 1 amide bonds. The molecule has 0 bridgehead atoms. The SMILES string of the molecule is O=C(COc1cccnc1)NCC1CNCC1O. The first kappa shape index (κ1) is 12.8. The molecule has 0 radical (unpaired) electrons. The Bertz CT molecular complexity index is 385. The highest BCUT2D eigenvalue weighted by molar-refractivity contribution is 5.77. The van der Waals surface area contributed by atoms with Crippen molar-refractivity contribution in [3.05, 3.63) is 24.5 Å². The molecule has 98 valence electrons. The van der Waals surface area contributed by atoms with Gasteiger partial charge in [-0.2, -0.15) is 0 Å². The molecular weight excluding hydrogens is 234 g/mol. The Kier molecular flexibility index (Phi) is 4.49. The van der Waals surface area contributed by atoms with E-state index in [1.807, 2.05) is 0 Å². The lowest BCUT2D eigenvalue weighted by atomic mass is 10.1. The van der Waals surface area contributed by atoms with Crippen LogP contribution in [0.1, 0.15) is 0 Å². The Morgan fingerprint density at radius 1 is 1.61 bits per heavy atom. The summed E-state index contributed by atoms with van der Waals surface area (Å²) in [4.78, 5) is 15.4. The van der Waals surface area contributed by atoms with Gasteiger partial charge in [0.25, 0.3) is 5.91 Å². The zero-order chi connectivity index (χ0) is 12.8. The lowest BCUT2D eigenvalue weighted by molar-refractivity contribution is -0.123. The van der Waals surface area contributed by atoms with Crippen molar-refractivity contribution in [3.63, 3.8) is 0 Å². The predicted molar refractivity (Wildman–Crippen MR) is 65.1 cm³/mol. The molecule has 0 spiro atoms. The van der Waals surface area contributed by atoms with Crippen LogP contribution in [0.5, 0.6) is 5.75 Å². The zero-order valence-electron chi connectivity index (χ0n) is 10.0. The molecule has 2 unspecified atom stereocenters. The van der Waals surface area contributed by atoms with Crippen LogP contribution in [0.2, 0.25) is 0 Å². The third-order valence-electron chi connectivity index (χ3n) is 2.87. The molecule has 2 heterocycles. The van der Waals surface area contributed by atoms with E-state index in [0.29, 0.717) is 18.8 Å². The number of hydrogen-bond donors (Lipinski definition) is 3.